The first kappa shape index (κ1) is 16.5. The summed E-state index contributed by atoms with van der Waals surface area (Å²) in [6.07, 6.45) is 5.44. The molecule has 1 aliphatic rings. The Labute approximate surface area is 130 Å². The van der Waals surface area contributed by atoms with E-state index in [4.69, 9.17) is 5.73 Å². The van der Waals surface area contributed by atoms with Crippen LogP contribution < -0.4 is 5.73 Å². The van der Waals surface area contributed by atoms with E-state index in [1.54, 1.807) is 0 Å². The highest BCUT2D eigenvalue weighted by molar-refractivity contribution is 5.35. The standard InChI is InChI=1S/C19H32N2/c1-14(2)13-21(17-9-5-6-10-17)19(12-20)18-11-7-8-15(3)16(18)4/h7-8,11,14,17,19H,5-6,9-10,12-13,20H2,1-4H3. The fourth-order valence-electron chi connectivity index (χ4n) is 3.76. The van der Waals surface area contributed by atoms with Gasteiger partial charge in [0.2, 0.25) is 0 Å². The van der Waals surface area contributed by atoms with Crippen molar-refractivity contribution < 1.29 is 0 Å². The summed E-state index contributed by atoms with van der Waals surface area (Å²) in [6, 6.07) is 7.76. The summed E-state index contributed by atoms with van der Waals surface area (Å²) in [5.74, 6) is 0.685. The monoisotopic (exact) mass is 288 g/mol. The van der Waals surface area contributed by atoms with Gasteiger partial charge in [0.25, 0.3) is 0 Å². The fraction of sp³-hybridized carbons (Fsp3) is 0.684. The predicted molar refractivity (Wildman–Crippen MR) is 91.5 cm³/mol. The van der Waals surface area contributed by atoms with Crippen molar-refractivity contribution in [3.8, 4) is 0 Å². The quantitative estimate of drug-likeness (QED) is 0.850. The van der Waals surface area contributed by atoms with Gasteiger partial charge >= 0.3 is 0 Å². The lowest BCUT2D eigenvalue weighted by Gasteiger charge is -2.38. The number of rotatable bonds is 6. The maximum atomic E-state index is 6.23. The highest BCUT2D eigenvalue weighted by Crippen LogP contribution is 2.33. The Morgan fingerprint density at radius 3 is 2.43 bits per heavy atom. The molecule has 21 heavy (non-hydrogen) atoms. The van der Waals surface area contributed by atoms with E-state index in [0.717, 1.165) is 12.6 Å². The summed E-state index contributed by atoms with van der Waals surface area (Å²) in [4.78, 5) is 2.71. The van der Waals surface area contributed by atoms with Gasteiger partial charge in [0.05, 0.1) is 0 Å². The molecule has 1 aromatic carbocycles. The molecule has 0 spiro atoms. The van der Waals surface area contributed by atoms with Gasteiger partial charge in [0.15, 0.2) is 0 Å². The number of aryl methyl sites for hydroxylation is 1. The van der Waals surface area contributed by atoms with Crippen LogP contribution in [-0.2, 0) is 0 Å². The molecule has 1 fully saturated rings. The second kappa shape index (κ2) is 7.42. The summed E-state index contributed by atoms with van der Waals surface area (Å²) in [6.45, 7) is 11.0. The molecule has 1 atom stereocenters. The molecule has 0 radical (unpaired) electrons. The van der Waals surface area contributed by atoms with Crippen molar-refractivity contribution in [1.82, 2.24) is 4.90 Å². The maximum absolute atomic E-state index is 6.23. The number of benzene rings is 1. The molecule has 2 heteroatoms. The highest BCUT2D eigenvalue weighted by Gasteiger charge is 2.30. The van der Waals surface area contributed by atoms with E-state index >= 15 is 0 Å². The summed E-state index contributed by atoms with van der Waals surface area (Å²) >= 11 is 0. The first-order valence-corrected chi connectivity index (χ1v) is 8.56. The summed E-state index contributed by atoms with van der Waals surface area (Å²) in [7, 11) is 0. The van der Waals surface area contributed by atoms with E-state index in [1.165, 1.54) is 42.4 Å². The second-order valence-corrected chi connectivity index (χ2v) is 7.07. The average Bonchev–Trinajstić information content (AvgIpc) is 2.96. The van der Waals surface area contributed by atoms with E-state index in [2.05, 4.69) is 50.8 Å². The van der Waals surface area contributed by atoms with Gasteiger partial charge in [0.1, 0.15) is 0 Å². The number of nitrogens with two attached hydrogens (primary N) is 1. The third-order valence-corrected chi connectivity index (χ3v) is 5.00. The van der Waals surface area contributed by atoms with Gasteiger partial charge in [-0.05, 0) is 49.3 Å². The van der Waals surface area contributed by atoms with Crippen molar-refractivity contribution in [1.29, 1.82) is 0 Å². The summed E-state index contributed by atoms with van der Waals surface area (Å²) in [5, 5.41) is 0. The molecule has 0 heterocycles. The molecule has 1 aromatic rings. The van der Waals surface area contributed by atoms with Crippen molar-refractivity contribution in [3.05, 3.63) is 34.9 Å². The molecule has 0 amide bonds. The second-order valence-electron chi connectivity index (χ2n) is 7.07. The zero-order chi connectivity index (χ0) is 15.4. The van der Waals surface area contributed by atoms with Crippen LogP contribution in [-0.4, -0.2) is 24.0 Å². The van der Waals surface area contributed by atoms with Gasteiger partial charge in [-0.3, -0.25) is 4.90 Å². The Bertz CT molecular complexity index is 447. The lowest BCUT2D eigenvalue weighted by molar-refractivity contribution is 0.121. The van der Waals surface area contributed by atoms with Crippen LogP contribution in [0.2, 0.25) is 0 Å². The maximum Gasteiger partial charge on any atom is 0.0476 e. The molecule has 0 bridgehead atoms. The van der Waals surface area contributed by atoms with Gasteiger partial charge in [-0.15, -0.1) is 0 Å². The molecule has 1 unspecified atom stereocenters. The van der Waals surface area contributed by atoms with Gasteiger partial charge in [0, 0.05) is 25.2 Å². The van der Waals surface area contributed by atoms with E-state index in [0.29, 0.717) is 18.5 Å². The highest BCUT2D eigenvalue weighted by atomic mass is 15.2. The Morgan fingerprint density at radius 1 is 1.19 bits per heavy atom. The van der Waals surface area contributed by atoms with Crippen LogP contribution in [0.5, 0.6) is 0 Å². The largest absolute Gasteiger partial charge is 0.329 e. The Kier molecular flexibility index (Phi) is 5.83. The zero-order valence-corrected chi connectivity index (χ0v) is 14.2. The molecule has 1 aliphatic carbocycles. The van der Waals surface area contributed by atoms with E-state index in [-0.39, 0.29) is 0 Å². The molecule has 2 rings (SSSR count). The lowest BCUT2D eigenvalue weighted by Crippen LogP contribution is -2.42. The minimum atomic E-state index is 0.371. The van der Waals surface area contributed by atoms with Crippen LogP contribution >= 0.6 is 0 Å². The minimum absolute atomic E-state index is 0.371. The van der Waals surface area contributed by atoms with Crippen molar-refractivity contribution in [3.63, 3.8) is 0 Å². The fourth-order valence-corrected chi connectivity index (χ4v) is 3.76. The van der Waals surface area contributed by atoms with Crippen molar-refractivity contribution >= 4 is 0 Å². The predicted octanol–water partition coefficient (Wildman–Crippen LogP) is 4.20. The van der Waals surface area contributed by atoms with Crippen LogP contribution in [0, 0.1) is 19.8 Å². The van der Waals surface area contributed by atoms with Gasteiger partial charge in [-0.1, -0.05) is 44.9 Å². The van der Waals surface area contributed by atoms with Crippen LogP contribution in [0.25, 0.3) is 0 Å². The van der Waals surface area contributed by atoms with Crippen molar-refractivity contribution in [2.75, 3.05) is 13.1 Å². The summed E-state index contributed by atoms with van der Waals surface area (Å²) < 4.78 is 0. The number of hydrogen-bond donors (Lipinski definition) is 1. The minimum Gasteiger partial charge on any atom is -0.329 e. The van der Waals surface area contributed by atoms with E-state index in [9.17, 15) is 0 Å². The van der Waals surface area contributed by atoms with Gasteiger partial charge < -0.3 is 5.73 Å². The number of hydrogen-bond acceptors (Lipinski definition) is 2. The topological polar surface area (TPSA) is 29.3 Å². The van der Waals surface area contributed by atoms with Crippen molar-refractivity contribution in [2.24, 2.45) is 11.7 Å². The van der Waals surface area contributed by atoms with Gasteiger partial charge in [-0.25, -0.2) is 0 Å². The SMILES string of the molecule is Cc1cccc(C(CN)N(CC(C)C)C2CCCC2)c1C. The smallest absolute Gasteiger partial charge is 0.0476 e. The number of nitrogens with zero attached hydrogens (tertiary/aromatic N) is 1. The molecular weight excluding hydrogens is 256 g/mol. The molecule has 1 saturated carbocycles. The molecule has 118 valence electrons. The normalized spacial score (nSPS) is 17.9. The van der Waals surface area contributed by atoms with Crippen molar-refractivity contribution in [2.45, 2.75) is 65.5 Å². The van der Waals surface area contributed by atoms with Gasteiger partial charge in [-0.2, -0.15) is 0 Å². The van der Waals surface area contributed by atoms with Crippen LogP contribution in [0.3, 0.4) is 0 Å². The van der Waals surface area contributed by atoms with E-state index in [1.807, 2.05) is 0 Å². The van der Waals surface area contributed by atoms with E-state index < -0.39 is 0 Å². The average molecular weight is 288 g/mol. The van der Waals surface area contributed by atoms with Crippen LogP contribution in [0.4, 0.5) is 0 Å². The van der Waals surface area contributed by atoms with Crippen LogP contribution in [0.15, 0.2) is 18.2 Å². The first-order valence-electron chi connectivity index (χ1n) is 8.56. The molecule has 2 N–H and O–H groups in total. The molecule has 0 saturated heterocycles. The first-order chi connectivity index (χ1) is 10.0. The Hall–Kier alpha value is -0.860. The Balaban J connectivity index is 2.31. The third-order valence-electron chi connectivity index (χ3n) is 5.00. The molecular formula is C19H32N2. The Morgan fingerprint density at radius 2 is 1.86 bits per heavy atom. The molecule has 2 nitrogen and oxygen atoms in total. The lowest BCUT2D eigenvalue weighted by atomic mass is 9.94. The molecule has 0 aliphatic heterocycles. The zero-order valence-electron chi connectivity index (χ0n) is 14.2. The summed E-state index contributed by atoms with van der Waals surface area (Å²) in [5.41, 5.74) is 10.5. The van der Waals surface area contributed by atoms with Crippen LogP contribution in [0.1, 0.15) is 62.3 Å². The molecule has 0 aromatic heterocycles. The third kappa shape index (κ3) is 3.87.